The first-order valence-corrected chi connectivity index (χ1v) is 5.17. The van der Waals surface area contributed by atoms with Gasteiger partial charge < -0.3 is 9.73 Å². The van der Waals surface area contributed by atoms with Crippen LogP contribution in [0.15, 0.2) is 21.2 Å². The quantitative estimate of drug-likeness (QED) is 0.901. The second-order valence-corrected chi connectivity index (χ2v) is 4.03. The van der Waals surface area contributed by atoms with Gasteiger partial charge in [-0.25, -0.2) is 0 Å². The molecule has 0 bridgehead atoms. The number of hydrogen-bond donors (Lipinski definition) is 1. The first-order valence-electron chi connectivity index (χ1n) is 3.56. The Balaban J connectivity index is 2.35. The Morgan fingerprint density at radius 1 is 1.46 bits per heavy atom. The molecule has 4 nitrogen and oxygen atoms in total. The van der Waals surface area contributed by atoms with Gasteiger partial charge in [-0.3, -0.25) is 0 Å². The Hall–Kier alpha value is -0.880. The Bertz CT molecular complexity index is 411. The third-order valence-electron chi connectivity index (χ3n) is 1.42. The number of hydrogen-bond acceptors (Lipinski definition) is 5. The normalized spacial score (nSPS) is 10.3. The van der Waals surface area contributed by atoms with Crippen LogP contribution in [0.25, 0.3) is 10.8 Å². The second-order valence-electron chi connectivity index (χ2n) is 2.27. The molecule has 0 fully saturated rings. The Morgan fingerprint density at radius 2 is 2.31 bits per heavy atom. The number of nitrogens with one attached hydrogen (secondary N) is 1. The van der Waals surface area contributed by atoms with Crippen LogP contribution in [0, 0.1) is 0 Å². The summed E-state index contributed by atoms with van der Waals surface area (Å²) in [4.78, 5) is 0. The molecule has 2 aromatic heterocycles. The van der Waals surface area contributed by atoms with Crippen molar-refractivity contribution in [3.63, 3.8) is 0 Å². The highest BCUT2D eigenvalue weighted by Crippen LogP contribution is 2.28. The van der Waals surface area contributed by atoms with Gasteiger partial charge in [0.2, 0.25) is 5.13 Å². The van der Waals surface area contributed by atoms with Crippen molar-refractivity contribution in [2.75, 3.05) is 12.4 Å². The monoisotopic (exact) mass is 259 g/mol. The minimum atomic E-state index is 0.698. The van der Waals surface area contributed by atoms with Gasteiger partial charge in [-0.15, -0.1) is 10.2 Å². The summed E-state index contributed by atoms with van der Waals surface area (Å²) in [6.45, 7) is 0. The van der Waals surface area contributed by atoms with Crippen molar-refractivity contribution in [1.82, 2.24) is 10.2 Å². The lowest BCUT2D eigenvalue weighted by molar-refractivity contribution is 0.555. The molecular weight excluding hydrogens is 254 g/mol. The lowest BCUT2D eigenvalue weighted by Crippen LogP contribution is -1.84. The molecule has 2 aromatic rings. The molecule has 0 aliphatic heterocycles. The fourth-order valence-corrected chi connectivity index (χ4v) is 1.82. The van der Waals surface area contributed by atoms with Crippen molar-refractivity contribution in [3.8, 4) is 10.8 Å². The topological polar surface area (TPSA) is 51.0 Å². The van der Waals surface area contributed by atoms with Crippen LogP contribution in [-0.2, 0) is 0 Å². The molecule has 0 aromatic carbocycles. The van der Waals surface area contributed by atoms with E-state index >= 15 is 0 Å². The predicted molar refractivity (Wildman–Crippen MR) is 54.9 cm³/mol. The Labute approximate surface area is 87.1 Å². The van der Waals surface area contributed by atoms with Crippen LogP contribution < -0.4 is 5.32 Å². The molecule has 6 heteroatoms. The SMILES string of the molecule is CNc1nnc(-c2ccc(Br)o2)s1. The molecule has 0 saturated carbocycles. The van der Waals surface area contributed by atoms with E-state index in [-0.39, 0.29) is 0 Å². The number of nitrogens with zero attached hydrogens (tertiary/aromatic N) is 2. The maximum Gasteiger partial charge on any atom is 0.205 e. The molecule has 2 rings (SSSR count). The predicted octanol–water partition coefficient (Wildman–Crippen LogP) is 2.60. The van der Waals surface area contributed by atoms with Crippen molar-refractivity contribution in [3.05, 3.63) is 16.8 Å². The molecule has 1 N–H and O–H groups in total. The molecule has 0 spiro atoms. The van der Waals surface area contributed by atoms with E-state index in [9.17, 15) is 0 Å². The number of furan rings is 1. The highest BCUT2D eigenvalue weighted by atomic mass is 79.9. The van der Waals surface area contributed by atoms with Gasteiger partial charge in [0, 0.05) is 7.05 Å². The minimum absolute atomic E-state index is 0.698. The first-order chi connectivity index (χ1) is 6.29. The molecule has 0 radical (unpaired) electrons. The molecule has 0 unspecified atom stereocenters. The Kier molecular flexibility index (Phi) is 2.32. The summed E-state index contributed by atoms with van der Waals surface area (Å²) in [5, 5.41) is 12.3. The zero-order valence-corrected chi connectivity index (χ0v) is 9.15. The van der Waals surface area contributed by atoms with Crippen LogP contribution in [0.3, 0.4) is 0 Å². The molecule has 68 valence electrons. The van der Waals surface area contributed by atoms with Crippen LogP contribution in [0.1, 0.15) is 0 Å². The van der Waals surface area contributed by atoms with Gasteiger partial charge in [0.1, 0.15) is 0 Å². The van der Waals surface area contributed by atoms with Gasteiger partial charge in [0.25, 0.3) is 0 Å². The fraction of sp³-hybridized carbons (Fsp3) is 0.143. The van der Waals surface area contributed by atoms with E-state index < -0.39 is 0 Å². The van der Waals surface area contributed by atoms with Gasteiger partial charge in [0.15, 0.2) is 15.4 Å². The number of rotatable bonds is 2. The molecule has 0 saturated heterocycles. The minimum Gasteiger partial charge on any atom is -0.447 e. The maximum absolute atomic E-state index is 5.32. The van der Waals surface area contributed by atoms with Gasteiger partial charge in [-0.05, 0) is 28.1 Å². The van der Waals surface area contributed by atoms with Crippen LogP contribution in [0.5, 0.6) is 0 Å². The first kappa shape index (κ1) is 8.71. The van der Waals surface area contributed by atoms with E-state index in [1.165, 1.54) is 11.3 Å². The van der Waals surface area contributed by atoms with E-state index in [0.29, 0.717) is 4.67 Å². The highest BCUT2D eigenvalue weighted by molar-refractivity contribution is 9.10. The molecule has 13 heavy (non-hydrogen) atoms. The maximum atomic E-state index is 5.32. The standard InChI is InChI=1S/C7H6BrN3OS/c1-9-7-11-10-6(13-7)4-2-3-5(8)12-4/h2-3H,1H3,(H,9,11). The second kappa shape index (κ2) is 3.47. The average molecular weight is 260 g/mol. The van der Waals surface area contributed by atoms with Crippen LogP contribution in [-0.4, -0.2) is 17.2 Å². The summed E-state index contributed by atoms with van der Waals surface area (Å²) in [7, 11) is 1.81. The van der Waals surface area contributed by atoms with Crippen LogP contribution >= 0.6 is 27.3 Å². The summed E-state index contributed by atoms with van der Waals surface area (Å²) >= 11 is 4.68. The number of aromatic nitrogens is 2. The summed E-state index contributed by atoms with van der Waals surface area (Å²) in [5.74, 6) is 0.728. The molecule has 0 atom stereocenters. The number of anilines is 1. The van der Waals surface area contributed by atoms with Gasteiger partial charge in [-0.1, -0.05) is 11.3 Å². The molecule has 0 aliphatic rings. The van der Waals surface area contributed by atoms with E-state index in [0.717, 1.165) is 15.9 Å². The van der Waals surface area contributed by atoms with E-state index in [1.54, 1.807) is 0 Å². The summed E-state index contributed by atoms with van der Waals surface area (Å²) in [6, 6.07) is 3.68. The lowest BCUT2D eigenvalue weighted by atomic mass is 10.5. The van der Waals surface area contributed by atoms with Gasteiger partial charge in [0.05, 0.1) is 0 Å². The van der Waals surface area contributed by atoms with Gasteiger partial charge in [-0.2, -0.15) is 0 Å². The van der Waals surface area contributed by atoms with Crippen LogP contribution in [0.2, 0.25) is 0 Å². The average Bonchev–Trinajstić information content (AvgIpc) is 2.71. The van der Waals surface area contributed by atoms with Crippen molar-refractivity contribution in [1.29, 1.82) is 0 Å². The van der Waals surface area contributed by atoms with Crippen molar-refractivity contribution < 1.29 is 4.42 Å². The molecule has 2 heterocycles. The lowest BCUT2D eigenvalue weighted by Gasteiger charge is -1.85. The molecule has 0 amide bonds. The smallest absolute Gasteiger partial charge is 0.205 e. The van der Waals surface area contributed by atoms with E-state index in [4.69, 9.17) is 4.42 Å². The Morgan fingerprint density at radius 3 is 2.85 bits per heavy atom. The summed E-state index contributed by atoms with van der Waals surface area (Å²) in [5.41, 5.74) is 0. The molecule has 0 aliphatic carbocycles. The van der Waals surface area contributed by atoms with E-state index in [1.807, 2.05) is 19.2 Å². The van der Waals surface area contributed by atoms with Gasteiger partial charge >= 0.3 is 0 Å². The highest BCUT2D eigenvalue weighted by Gasteiger charge is 2.08. The third kappa shape index (κ3) is 1.73. The van der Waals surface area contributed by atoms with Crippen molar-refractivity contribution in [2.24, 2.45) is 0 Å². The zero-order chi connectivity index (χ0) is 9.26. The zero-order valence-electron chi connectivity index (χ0n) is 6.74. The largest absolute Gasteiger partial charge is 0.447 e. The molecular formula is C7H6BrN3OS. The summed E-state index contributed by atoms with van der Waals surface area (Å²) in [6.07, 6.45) is 0. The van der Waals surface area contributed by atoms with Crippen LogP contribution in [0.4, 0.5) is 5.13 Å². The van der Waals surface area contributed by atoms with Crippen molar-refractivity contribution in [2.45, 2.75) is 0 Å². The summed E-state index contributed by atoms with van der Waals surface area (Å²) < 4.78 is 6.02. The third-order valence-corrected chi connectivity index (χ3v) is 2.80. The van der Waals surface area contributed by atoms with E-state index in [2.05, 4.69) is 31.4 Å². The fourth-order valence-electron chi connectivity index (χ4n) is 0.853. The number of halogens is 1. The van der Waals surface area contributed by atoms with Crippen molar-refractivity contribution >= 4 is 32.4 Å².